The molecule has 1 heterocycles. The van der Waals surface area contributed by atoms with Crippen molar-refractivity contribution in [2.45, 2.75) is 122 Å². The molecule has 0 bridgehead atoms. The van der Waals surface area contributed by atoms with Crippen LogP contribution in [0.1, 0.15) is 77.6 Å². The summed E-state index contributed by atoms with van der Waals surface area (Å²) in [5, 5.41) is 10.0. The third kappa shape index (κ3) is 11.8. The van der Waals surface area contributed by atoms with Crippen LogP contribution in [0.5, 0.6) is 0 Å². The minimum Gasteiger partial charge on any atom is -0.481 e. The number of carbonyl (C=O) groups is 1. The topological polar surface area (TPSA) is 37.3 Å². The zero-order valence-corrected chi connectivity index (χ0v) is 24.5. The van der Waals surface area contributed by atoms with E-state index in [1.807, 2.05) is 6.08 Å². The molecule has 2 nitrogen and oxygen atoms in total. The first-order valence-electron chi connectivity index (χ1n) is 12.6. The number of rotatable bonds is 12. The summed E-state index contributed by atoms with van der Waals surface area (Å²) in [6.07, 6.45) is 15.5. The number of aliphatic carboxylic acids is 1. The number of carboxylic acids is 1. The van der Waals surface area contributed by atoms with E-state index in [2.05, 4.69) is 69.1 Å². The van der Waals surface area contributed by atoms with Gasteiger partial charge in [0.15, 0.2) is 0 Å². The van der Waals surface area contributed by atoms with Crippen molar-refractivity contribution in [3.8, 4) is 22.9 Å². The maximum atomic E-state index is 12.2. The van der Waals surface area contributed by atoms with E-state index in [4.69, 9.17) is 0 Å². The van der Waals surface area contributed by atoms with Gasteiger partial charge in [-0.3, -0.25) is 4.79 Å². The Morgan fingerprint density at radius 2 is 1.41 bits per heavy atom. The van der Waals surface area contributed by atoms with E-state index in [0.29, 0.717) is 0 Å². The highest BCUT2D eigenvalue weighted by atomic mass is 32.2. The fourth-order valence-electron chi connectivity index (χ4n) is 3.71. The van der Waals surface area contributed by atoms with Crippen molar-refractivity contribution >= 4 is 33.9 Å². The van der Waals surface area contributed by atoms with E-state index in [-0.39, 0.29) is 0 Å². The predicted octanol–water partition coefficient (Wildman–Crippen LogP) is 8.13. The molecule has 1 aliphatic heterocycles. The Morgan fingerprint density at radius 3 is 1.88 bits per heavy atom. The highest BCUT2D eigenvalue weighted by molar-refractivity contribution is 8.05. The highest BCUT2D eigenvalue weighted by Gasteiger charge is 2.46. The summed E-state index contributed by atoms with van der Waals surface area (Å²) in [7, 11) is -3.12. The number of thioether (sulfide) groups is 1. The Kier molecular flexibility index (Phi) is 12.5. The number of allylic oxidation sites excluding steroid dienone is 1. The van der Waals surface area contributed by atoms with Gasteiger partial charge in [-0.15, -0.1) is 11.1 Å². The van der Waals surface area contributed by atoms with Gasteiger partial charge in [0.25, 0.3) is 0 Å². The third-order valence-corrected chi connectivity index (χ3v) is 8.62. The largest absolute Gasteiger partial charge is 0.481 e. The van der Waals surface area contributed by atoms with Gasteiger partial charge in [-0.2, -0.15) is 0 Å². The van der Waals surface area contributed by atoms with E-state index in [0.717, 1.165) is 24.2 Å². The molecule has 1 rings (SSSR count). The third-order valence-electron chi connectivity index (χ3n) is 5.49. The van der Waals surface area contributed by atoms with Crippen LogP contribution in [0.3, 0.4) is 0 Å². The molecule has 5 heteroatoms. The van der Waals surface area contributed by atoms with Crippen LogP contribution in [-0.2, 0) is 4.79 Å². The van der Waals surface area contributed by atoms with Crippen molar-refractivity contribution < 1.29 is 9.90 Å². The van der Waals surface area contributed by atoms with Crippen molar-refractivity contribution in [2.75, 3.05) is 0 Å². The first-order chi connectivity index (χ1) is 14.9. The summed E-state index contributed by atoms with van der Waals surface area (Å²) in [6.45, 7) is 15.6. The second-order valence-electron chi connectivity index (χ2n) is 11.3. The monoisotopic (exact) mass is 490 g/mol. The SMILES string of the molecule is CCCCCCCCCCCCC1(C#C[Si](C)(C)C)SC(C#C[Si](C)(C)C)=CC1C(=O)O. The second-order valence-corrected chi connectivity index (χ2v) is 22.1. The van der Waals surface area contributed by atoms with Gasteiger partial charge in [0.1, 0.15) is 22.1 Å². The van der Waals surface area contributed by atoms with Crippen LogP contribution in [0.4, 0.5) is 0 Å². The fourth-order valence-corrected chi connectivity index (χ4v) is 6.34. The number of unbranched alkanes of at least 4 members (excludes halogenated alkanes) is 9. The van der Waals surface area contributed by atoms with Crippen LogP contribution in [0.25, 0.3) is 0 Å². The van der Waals surface area contributed by atoms with Crippen LogP contribution in [0.15, 0.2) is 11.0 Å². The molecular formula is C27H46O2SSi2. The van der Waals surface area contributed by atoms with Crippen LogP contribution in [0, 0.1) is 28.8 Å². The lowest BCUT2D eigenvalue weighted by molar-refractivity contribution is -0.140. The molecule has 32 heavy (non-hydrogen) atoms. The second kappa shape index (κ2) is 13.7. The lowest BCUT2D eigenvalue weighted by atomic mass is 9.87. The molecule has 0 radical (unpaired) electrons. The first-order valence-corrected chi connectivity index (χ1v) is 20.4. The van der Waals surface area contributed by atoms with Gasteiger partial charge in [0.2, 0.25) is 0 Å². The van der Waals surface area contributed by atoms with Gasteiger partial charge in [0, 0.05) is 0 Å². The summed E-state index contributed by atoms with van der Waals surface area (Å²) >= 11 is 1.63. The van der Waals surface area contributed by atoms with Crippen LogP contribution >= 0.6 is 11.8 Å². The lowest BCUT2D eigenvalue weighted by Gasteiger charge is -2.28. The Hall–Kier alpha value is -0.886. The molecule has 2 unspecified atom stereocenters. The maximum absolute atomic E-state index is 12.2. The molecule has 0 aromatic carbocycles. The highest BCUT2D eigenvalue weighted by Crippen LogP contribution is 2.49. The van der Waals surface area contributed by atoms with Crippen molar-refractivity contribution in [1.29, 1.82) is 0 Å². The zero-order valence-electron chi connectivity index (χ0n) is 21.7. The molecule has 0 aromatic heterocycles. The Bertz CT molecular complexity index is 753. The van der Waals surface area contributed by atoms with Crippen LogP contribution < -0.4 is 0 Å². The Morgan fingerprint density at radius 1 is 0.906 bits per heavy atom. The van der Waals surface area contributed by atoms with E-state index < -0.39 is 32.8 Å². The minimum atomic E-state index is -1.61. The molecule has 0 amide bonds. The molecular weight excluding hydrogens is 445 g/mol. The van der Waals surface area contributed by atoms with Gasteiger partial charge in [-0.05, 0) is 12.5 Å². The molecule has 1 aliphatic rings. The summed E-state index contributed by atoms with van der Waals surface area (Å²) in [5.41, 5.74) is 6.91. The van der Waals surface area contributed by atoms with Gasteiger partial charge in [-0.25, -0.2) is 0 Å². The van der Waals surface area contributed by atoms with Crippen molar-refractivity contribution in [3.63, 3.8) is 0 Å². The summed E-state index contributed by atoms with van der Waals surface area (Å²) < 4.78 is -0.560. The van der Waals surface area contributed by atoms with Gasteiger partial charge >= 0.3 is 5.97 Å². The number of hydrogen-bond acceptors (Lipinski definition) is 2. The van der Waals surface area contributed by atoms with Gasteiger partial charge in [0.05, 0.1) is 9.65 Å². The molecule has 2 atom stereocenters. The van der Waals surface area contributed by atoms with E-state index in [1.165, 1.54) is 51.4 Å². The maximum Gasteiger partial charge on any atom is 0.312 e. The number of hydrogen-bond donors (Lipinski definition) is 1. The van der Waals surface area contributed by atoms with Crippen LogP contribution in [-0.4, -0.2) is 32.0 Å². The van der Waals surface area contributed by atoms with E-state index >= 15 is 0 Å². The predicted molar refractivity (Wildman–Crippen MR) is 148 cm³/mol. The van der Waals surface area contributed by atoms with E-state index in [9.17, 15) is 9.90 Å². The smallest absolute Gasteiger partial charge is 0.312 e. The van der Waals surface area contributed by atoms with Crippen molar-refractivity contribution in [1.82, 2.24) is 0 Å². The molecule has 0 aromatic rings. The van der Waals surface area contributed by atoms with Gasteiger partial charge < -0.3 is 5.11 Å². The zero-order chi connectivity index (χ0) is 24.3. The Labute approximate surface area is 204 Å². The molecule has 0 aliphatic carbocycles. The standard InChI is InChI=1S/C27H46O2SSi2/c1-8-9-10-11-12-13-14-15-16-17-19-27(20-22-32(5,6)7)25(26(28)29)23-24(30-27)18-21-31(2,3)4/h23,25H,8-17,19H2,1-7H3,(H,28,29). The van der Waals surface area contributed by atoms with E-state index in [1.54, 1.807) is 11.8 Å². The summed E-state index contributed by atoms with van der Waals surface area (Å²) in [4.78, 5) is 13.1. The van der Waals surface area contributed by atoms with Crippen LogP contribution in [0.2, 0.25) is 39.3 Å². The van der Waals surface area contributed by atoms with Crippen molar-refractivity contribution in [2.24, 2.45) is 5.92 Å². The van der Waals surface area contributed by atoms with Crippen molar-refractivity contribution in [3.05, 3.63) is 11.0 Å². The quantitative estimate of drug-likeness (QED) is 0.170. The molecule has 180 valence electrons. The average molecular weight is 491 g/mol. The van der Waals surface area contributed by atoms with Gasteiger partial charge in [-0.1, -0.05) is 134 Å². The average Bonchev–Trinajstić information content (AvgIpc) is 3.05. The molecule has 0 saturated heterocycles. The Balaban J connectivity index is 2.79. The normalized spacial score (nSPS) is 20.7. The molecule has 1 N–H and O–H groups in total. The molecule has 0 saturated carbocycles. The first kappa shape index (κ1) is 29.1. The molecule has 0 spiro atoms. The summed E-state index contributed by atoms with van der Waals surface area (Å²) in [5.74, 6) is 5.49. The molecule has 0 fully saturated rings. The summed E-state index contributed by atoms with van der Waals surface area (Å²) in [6, 6.07) is 0. The number of carboxylic acid groups (broad SMARTS) is 1. The minimum absolute atomic E-state index is 0.560. The fraction of sp³-hybridized carbons (Fsp3) is 0.741. The lowest BCUT2D eigenvalue weighted by Crippen LogP contribution is -2.35.